The average molecular weight is 481 g/mol. The molecule has 1 N–H and O–H groups in total. The fraction of sp³-hybridized carbons (Fsp3) is 0.720. The van der Waals surface area contributed by atoms with Gasteiger partial charge in [0, 0.05) is 36.3 Å². The lowest BCUT2D eigenvalue weighted by Crippen LogP contribution is -2.48. The van der Waals surface area contributed by atoms with Crippen LogP contribution in [0.5, 0.6) is 0 Å². The number of carboxylic acids is 1. The van der Waals surface area contributed by atoms with Gasteiger partial charge in [0.1, 0.15) is 5.82 Å². The molecule has 1 saturated heterocycles. The Bertz CT molecular complexity index is 1060. The predicted molar refractivity (Wildman–Crippen MR) is 124 cm³/mol. The van der Waals surface area contributed by atoms with E-state index in [9.17, 15) is 23.1 Å². The van der Waals surface area contributed by atoms with Crippen LogP contribution in [-0.4, -0.2) is 44.9 Å². The molecule has 0 aromatic carbocycles. The number of hydrogen-bond donors (Lipinski definition) is 1. The number of piperidine rings is 1. The summed E-state index contributed by atoms with van der Waals surface area (Å²) in [4.78, 5) is 19.1. The summed E-state index contributed by atoms with van der Waals surface area (Å²) in [7, 11) is 0. The molecule has 1 atom stereocenters. The summed E-state index contributed by atoms with van der Waals surface area (Å²) in [6, 6.07) is 1.91. The van der Waals surface area contributed by atoms with Crippen LogP contribution in [0.1, 0.15) is 94.5 Å². The van der Waals surface area contributed by atoms with Crippen molar-refractivity contribution in [2.75, 3.05) is 18.0 Å². The number of rotatable bonds is 5. The Morgan fingerprint density at radius 2 is 1.94 bits per heavy atom. The normalized spacial score (nSPS) is 26.4. The minimum absolute atomic E-state index is 0.0222. The van der Waals surface area contributed by atoms with E-state index in [4.69, 9.17) is 10.1 Å². The Kier molecular flexibility index (Phi) is 6.59. The predicted octanol–water partition coefficient (Wildman–Crippen LogP) is 6.08. The molecule has 0 radical (unpaired) electrons. The van der Waals surface area contributed by atoms with Crippen molar-refractivity contribution in [2.45, 2.75) is 90.7 Å². The van der Waals surface area contributed by atoms with Gasteiger partial charge in [-0.15, -0.1) is 0 Å². The lowest BCUT2D eigenvalue weighted by molar-refractivity contribution is -0.182. The minimum Gasteiger partial charge on any atom is -0.481 e. The van der Waals surface area contributed by atoms with Gasteiger partial charge in [-0.1, -0.05) is 20.8 Å². The maximum absolute atomic E-state index is 13.1. The third kappa shape index (κ3) is 4.38. The molecule has 1 saturated carbocycles. The molecule has 6 nitrogen and oxygen atoms in total. The summed E-state index contributed by atoms with van der Waals surface area (Å²) in [5.41, 5.74) is 2.58. The fourth-order valence-electron chi connectivity index (χ4n) is 5.96. The lowest BCUT2D eigenvalue weighted by Gasteiger charge is -2.41. The van der Waals surface area contributed by atoms with Crippen LogP contribution in [0.25, 0.3) is 5.65 Å². The summed E-state index contributed by atoms with van der Waals surface area (Å²) in [5, 5.41) is 14.9. The van der Waals surface area contributed by atoms with Crippen molar-refractivity contribution in [3.05, 3.63) is 23.0 Å². The van der Waals surface area contributed by atoms with Crippen LogP contribution >= 0.6 is 0 Å². The molecule has 0 bridgehead atoms. The van der Waals surface area contributed by atoms with Crippen LogP contribution in [0.4, 0.5) is 19.0 Å². The molecule has 1 aliphatic heterocycles. The van der Waals surface area contributed by atoms with Crippen molar-refractivity contribution in [3.8, 4) is 0 Å². The summed E-state index contributed by atoms with van der Waals surface area (Å²) in [6.07, 6.45) is -0.989. The lowest BCUT2D eigenvalue weighted by atomic mass is 9.77. The smallest absolute Gasteiger partial charge is 0.391 e. The van der Waals surface area contributed by atoms with E-state index in [1.165, 1.54) is 0 Å². The van der Waals surface area contributed by atoms with Gasteiger partial charge in [0.25, 0.3) is 0 Å². The molecule has 1 aliphatic carbocycles. The number of halogens is 3. The van der Waals surface area contributed by atoms with E-state index in [1.54, 1.807) is 0 Å². The van der Waals surface area contributed by atoms with E-state index in [0.717, 1.165) is 35.7 Å². The van der Waals surface area contributed by atoms with Crippen LogP contribution in [0, 0.1) is 18.3 Å². The SMILES string of the molecule is CC[C@]1(C(=O)O)CCCN(c2c(C(C)C)c(C)nc3cc([C@H]4CC[C@H](C(F)(F)F)CC4)nn23)C1. The zero-order chi connectivity index (χ0) is 24.8. The zero-order valence-corrected chi connectivity index (χ0v) is 20.5. The van der Waals surface area contributed by atoms with Crippen LogP contribution < -0.4 is 4.90 Å². The number of carboxylic acid groups (broad SMARTS) is 1. The highest BCUT2D eigenvalue weighted by Gasteiger charge is 2.43. The summed E-state index contributed by atoms with van der Waals surface area (Å²) >= 11 is 0. The molecular formula is C25H35F3N4O2. The highest BCUT2D eigenvalue weighted by Crippen LogP contribution is 2.44. The summed E-state index contributed by atoms with van der Waals surface area (Å²) < 4.78 is 41.2. The number of anilines is 1. The maximum Gasteiger partial charge on any atom is 0.391 e. The second-order valence-corrected chi connectivity index (χ2v) is 10.5. The number of aromatic nitrogens is 3. The third-order valence-electron chi connectivity index (χ3n) is 8.02. The first-order valence-electron chi connectivity index (χ1n) is 12.4. The van der Waals surface area contributed by atoms with Crippen LogP contribution in [0.2, 0.25) is 0 Å². The van der Waals surface area contributed by atoms with E-state index in [0.29, 0.717) is 37.9 Å². The molecule has 0 unspecified atom stereocenters. The van der Waals surface area contributed by atoms with E-state index in [2.05, 4.69) is 18.7 Å². The average Bonchev–Trinajstić information content (AvgIpc) is 3.20. The minimum atomic E-state index is -4.13. The van der Waals surface area contributed by atoms with Crippen molar-refractivity contribution in [1.82, 2.24) is 14.6 Å². The van der Waals surface area contributed by atoms with Crippen LogP contribution in [0.15, 0.2) is 6.07 Å². The molecule has 2 fully saturated rings. The Morgan fingerprint density at radius 3 is 2.50 bits per heavy atom. The number of nitrogens with zero attached hydrogens (tertiary/aromatic N) is 4. The monoisotopic (exact) mass is 480 g/mol. The molecule has 0 amide bonds. The Morgan fingerprint density at radius 1 is 1.26 bits per heavy atom. The third-order valence-corrected chi connectivity index (χ3v) is 8.02. The van der Waals surface area contributed by atoms with Crippen molar-refractivity contribution in [1.29, 1.82) is 0 Å². The van der Waals surface area contributed by atoms with E-state index in [-0.39, 0.29) is 24.7 Å². The first-order chi connectivity index (χ1) is 16.0. The van der Waals surface area contributed by atoms with Crippen molar-refractivity contribution >= 4 is 17.4 Å². The Labute approximate surface area is 198 Å². The molecule has 34 heavy (non-hydrogen) atoms. The highest BCUT2D eigenvalue weighted by molar-refractivity contribution is 5.76. The van der Waals surface area contributed by atoms with Crippen molar-refractivity contribution in [3.63, 3.8) is 0 Å². The molecule has 188 valence electrons. The van der Waals surface area contributed by atoms with Gasteiger partial charge in [-0.2, -0.15) is 22.8 Å². The van der Waals surface area contributed by atoms with Crippen LogP contribution in [0.3, 0.4) is 0 Å². The fourth-order valence-corrected chi connectivity index (χ4v) is 5.96. The molecule has 2 aromatic heterocycles. The molecule has 4 rings (SSSR count). The van der Waals surface area contributed by atoms with Gasteiger partial charge in [0.05, 0.1) is 17.0 Å². The summed E-state index contributed by atoms with van der Waals surface area (Å²) in [5.74, 6) is -0.978. The molecule has 2 aliphatic rings. The molecule has 3 heterocycles. The summed E-state index contributed by atoms with van der Waals surface area (Å²) in [6.45, 7) is 9.22. The topological polar surface area (TPSA) is 70.7 Å². The Hall–Kier alpha value is -2.32. The van der Waals surface area contributed by atoms with Crippen LogP contribution in [-0.2, 0) is 4.79 Å². The molecular weight excluding hydrogens is 445 g/mol. The van der Waals surface area contributed by atoms with E-state index in [1.807, 2.05) is 24.4 Å². The van der Waals surface area contributed by atoms with Gasteiger partial charge >= 0.3 is 12.1 Å². The van der Waals surface area contributed by atoms with Gasteiger partial charge in [0.2, 0.25) is 0 Å². The standard InChI is InChI=1S/C25H35F3N4O2/c1-5-24(23(33)34)11-6-12-31(14-24)22-21(15(2)3)16(4)29-20-13-19(30-32(20)22)17-7-9-18(10-8-17)25(26,27)28/h13,15,17-18H,5-12,14H2,1-4H3,(H,33,34)/t17-,18-,24-/m0/s1. The molecule has 0 spiro atoms. The van der Waals surface area contributed by atoms with Gasteiger partial charge in [-0.3, -0.25) is 4.79 Å². The molecule has 9 heteroatoms. The first-order valence-corrected chi connectivity index (χ1v) is 12.4. The number of aliphatic carboxylic acids is 1. The largest absolute Gasteiger partial charge is 0.481 e. The van der Waals surface area contributed by atoms with Gasteiger partial charge in [-0.05, 0) is 57.8 Å². The second-order valence-electron chi connectivity index (χ2n) is 10.5. The van der Waals surface area contributed by atoms with E-state index < -0.39 is 23.5 Å². The van der Waals surface area contributed by atoms with Gasteiger partial charge < -0.3 is 10.0 Å². The number of fused-ring (bicyclic) bond motifs is 1. The second kappa shape index (κ2) is 9.04. The van der Waals surface area contributed by atoms with Crippen molar-refractivity contribution < 1.29 is 23.1 Å². The number of carbonyl (C=O) groups is 1. The first kappa shape index (κ1) is 24.8. The molecule has 2 aromatic rings. The van der Waals surface area contributed by atoms with E-state index >= 15 is 0 Å². The maximum atomic E-state index is 13.1. The van der Waals surface area contributed by atoms with Crippen molar-refractivity contribution in [2.24, 2.45) is 11.3 Å². The number of aryl methyl sites for hydroxylation is 1. The quantitative estimate of drug-likeness (QED) is 0.562. The highest BCUT2D eigenvalue weighted by atomic mass is 19.4. The zero-order valence-electron chi connectivity index (χ0n) is 20.5. The number of hydrogen-bond acceptors (Lipinski definition) is 4. The Balaban J connectivity index is 1.74. The van der Waals surface area contributed by atoms with Gasteiger partial charge in [-0.25, -0.2) is 4.98 Å². The van der Waals surface area contributed by atoms with Gasteiger partial charge in [0.15, 0.2) is 5.65 Å². The number of alkyl halides is 3.